The van der Waals surface area contributed by atoms with Gasteiger partial charge >= 0.3 is 41.6 Å². The van der Waals surface area contributed by atoms with Crippen LogP contribution in [0, 0.1) is 0 Å². The normalized spacial score (nSPS) is 29.2. The van der Waals surface area contributed by atoms with Gasteiger partial charge in [-0.2, -0.15) is 20.2 Å². The van der Waals surface area contributed by atoms with Crippen LogP contribution in [-0.2, 0) is 29.3 Å². The van der Waals surface area contributed by atoms with Crippen molar-refractivity contribution in [1.82, 2.24) is 15.7 Å². The van der Waals surface area contributed by atoms with E-state index < -0.39 is 39.6 Å². The Balaban J connectivity index is 0.00000210. The molecule has 0 aromatic heterocycles. The van der Waals surface area contributed by atoms with E-state index in [0.29, 0.717) is 12.8 Å². The summed E-state index contributed by atoms with van der Waals surface area (Å²) in [5, 5.41) is 4.15. The molecule has 4 atom stereocenters. The maximum Gasteiger partial charge on any atom is 1.00 e. The Labute approximate surface area is 189 Å². The number of rotatable bonds is 7. The number of thioether (sulfide) groups is 1. The van der Waals surface area contributed by atoms with Crippen LogP contribution in [0.25, 0.3) is 0 Å². The summed E-state index contributed by atoms with van der Waals surface area (Å²) in [6, 6.07) is 0.0362. The van der Waals surface area contributed by atoms with Gasteiger partial charge in [-0.05, 0) is 12.8 Å². The topological polar surface area (TPSA) is 159 Å². The molecule has 3 N–H and O–H groups in total. The van der Waals surface area contributed by atoms with E-state index in [-0.39, 0.29) is 65.8 Å². The SMILES string of the molecule is O=C1N[C@H]2[C@H](CS[C@H]2CCCCC(=O)ON2C(=O)CC(S(=O)(=O)O)C2=O)N1.[H-].[Na+]. The minimum Gasteiger partial charge on any atom is -1.00 e. The van der Waals surface area contributed by atoms with Crippen molar-refractivity contribution in [3.05, 3.63) is 0 Å². The molecule has 0 bridgehead atoms. The first-order valence-electron chi connectivity index (χ1n) is 8.39. The van der Waals surface area contributed by atoms with E-state index in [1.165, 1.54) is 0 Å². The summed E-state index contributed by atoms with van der Waals surface area (Å²) in [5.41, 5.74) is 0. The van der Waals surface area contributed by atoms with Crippen molar-refractivity contribution >= 4 is 45.7 Å². The minimum atomic E-state index is -4.74. The van der Waals surface area contributed by atoms with Crippen LogP contribution in [-0.4, -0.2) is 70.2 Å². The van der Waals surface area contributed by atoms with Gasteiger partial charge in [0.15, 0.2) is 5.25 Å². The zero-order valence-corrected chi connectivity index (χ0v) is 18.8. The summed E-state index contributed by atoms with van der Waals surface area (Å²) in [6.07, 6.45) is 1.11. The van der Waals surface area contributed by atoms with E-state index in [1.54, 1.807) is 11.8 Å². The predicted octanol–water partition coefficient (Wildman–Crippen LogP) is -3.70. The van der Waals surface area contributed by atoms with Gasteiger partial charge in [0.25, 0.3) is 21.9 Å². The van der Waals surface area contributed by atoms with Crippen LogP contribution in [0.15, 0.2) is 0 Å². The molecule has 0 aromatic rings. The summed E-state index contributed by atoms with van der Waals surface area (Å²) in [6.45, 7) is 0. The molecule has 0 aliphatic carbocycles. The first kappa shape index (κ1) is 23.4. The van der Waals surface area contributed by atoms with Crippen LogP contribution in [0.5, 0.6) is 0 Å². The van der Waals surface area contributed by atoms with Crippen LogP contribution < -0.4 is 40.2 Å². The van der Waals surface area contributed by atoms with Crippen molar-refractivity contribution in [1.29, 1.82) is 0 Å². The average molecular weight is 445 g/mol. The number of nitrogens with zero attached hydrogens (tertiary/aromatic N) is 1. The van der Waals surface area contributed by atoms with Crippen molar-refractivity contribution in [2.75, 3.05) is 5.75 Å². The van der Waals surface area contributed by atoms with Gasteiger partial charge in [-0.3, -0.25) is 14.1 Å². The molecule has 3 rings (SSSR count). The Kier molecular flexibility index (Phi) is 7.78. The van der Waals surface area contributed by atoms with Gasteiger partial charge in [0.05, 0.1) is 18.5 Å². The van der Waals surface area contributed by atoms with Crippen LogP contribution in [0.4, 0.5) is 4.79 Å². The van der Waals surface area contributed by atoms with Crippen molar-refractivity contribution in [3.8, 4) is 0 Å². The number of nitrogens with one attached hydrogen (secondary N) is 2. The zero-order valence-electron chi connectivity index (χ0n) is 16.1. The van der Waals surface area contributed by atoms with Crippen LogP contribution >= 0.6 is 11.8 Å². The summed E-state index contributed by atoms with van der Waals surface area (Å²) < 4.78 is 31.0. The van der Waals surface area contributed by atoms with Crippen molar-refractivity contribution < 1.29 is 68.0 Å². The van der Waals surface area contributed by atoms with E-state index in [1.807, 2.05) is 0 Å². The minimum absolute atomic E-state index is 0. The van der Waals surface area contributed by atoms with Crippen LogP contribution in [0.2, 0.25) is 0 Å². The summed E-state index contributed by atoms with van der Waals surface area (Å²) in [7, 11) is -4.74. The number of carbonyl (C=O) groups excluding carboxylic acids is 4. The number of amides is 4. The number of urea groups is 1. The number of unbranched alkanes of at least 4 members (excludes halogenated alkanes) is 1. The summed E-state index contributed by atoms with van der Waals surface area (Å²) in [5.74, 6) is -2.26. The monoisotopic (exact) mass is 445 g/mol. The molecule has 1 unspecified atom stereocenters. The molecule has 3 heterocycles. The second-order valence-corrected chi connectivity index (χ2v) is 9.44. The number of imide groups is 1. The molecule has 14 heteroatoms. The molecule has 0 aromatic carbocycles. The quantitative estimate of drug-likeness (QED) is 0.118. The van der Waals surface area contributed by atoms with Gasteiger partial charge in [0, 0.05) is 17.4 Å². The molecule has 0 radical (unpaired) electrons. The van der Waals surface area contributed by atoms with Gasteiger partial charge in [-0.1, -0.05) is 6.42 Å². The van der Waals surface area contributed by atoms with Crippen molar-refractivity contribution in [3.63, 3.8) is 0 Å². The molecule has 152 valence electrons. The number of hydrogen-bond donors (Lipinski definition) is 3. The Hall–Kier alpha value is -0.860. The molecule has 3 saturated heterocycles. The van der Waals surface area contributed by atoms with Crippen LogP contribution in [0.1, 0.15) is 33.5 Å². The molecule has 3 aliphatic rings. The first-order valence-corrected chi connectivity index (χ1v) is 10.9. The standard InChI is InChI=1S/C14H19N3O8S2.Na.H/c18-10-5-9(27(22,23)24)13(20)17(10)25-11(19)4-2-1-3-8-12-7(6-26-8)15-14(21)16-12;;/h7-9,12H,1-6H2,(H2,15,16,21)(H,22,23,24);;/q;+1;-1/t7-,8-,9?,12-;;/m0../s1. The van der Waals surface area contributed by atoms with Gasteiger partial charge in [0.2, 0.25) is 0 Å². The number of fused-ring (bicyclic) bond motifs is 1. The molecule has 3 aliphatic heterocycles. The first-order chi connectivity index (χ1) is 12.7. The molecular weight excluding hydrogens is 425 g/mol. The van der Waals surface area contributed by atoms with E-state index in [0.717, 1.165) is 12.2 Å². The summed E-state index contributed by atoms with van der Waals surface area (Å²) in [4.78, 5) is 51.2. The van der Waals surface area contributed by atoms with E-state index >= 15 is 0 Å². The van der Waals surface area contributed by atoms with E-state index in [2.05, 4.69) is 15.5 Å². The number of carbonyl (C=O) groups is 4. The fourth-order valence-electron chi connectivity index (χ4n) is 3.32. The average Bonchev–Trinajstić information content (AvgIpc) is 3.19. The third kappa shape index (κ3) is 5.19. The fourth-order valence-corrected chi connectivity index (χ4v) is 5.56. The maximum atomic E-state index is 11.8. The molecule has 28 heavy (non-hydrogen) atoms. The van der Waals surface area contributed by atoms with E-state index in [9.17, 15) is 27.6 Å². The van der Waals surface area contributed by atoms with E-state index in [4.69, 9.17) is 4.55 Å². The van der Waals surface area contributed by atoms with Crippen molar-refractivity contribution in [2.45, 2.75) is 54.7 Å². The third-order valence-electron chi connectivity index (χ3n) is 4.67. The molecular formula is C14H20N3NaO8S2. The second-order valence-electron chi connectivity index (χ2n) is 6.57. The smallest absolute Gasteiger partial charge is 1.00 e. The molecule has 0 spiro atoms. The Morgan fingerprint density at radius 2 is 2.00 bits per heavy atom. The summed E-state index contributed by atoms with van der Waals surface area (Å²) >= 11 is 1.75. The van der Waals surface area contributed by atoms with Crippen molar-refractivity contribution in [2.24, 2.45) is 0 Å². The molecule has 11 nitrogen and oxygen atoms in total. The van der Waals surface area contributed by atoms with Gasteiger partial charge < -0.3 is 16.9 Å². The second kappa shape index (κ2) is 9.30. The molecule has 4 amide bonds. The van der Waals surface area contributed by atoms with Gasteiger partial charge in [-0.25, -0.2) is 9.59 Å². The Morgan fingerprint density at radius 3 is 2.64 bits per heavy atom. The predicted molar refractivity (Wildman–Crippen MR) is 93.0 cm³/mol. The molecule has 0 saturated carbocycles. The fraction of sp³-hybridized carbons (Fsp3) is 0.714. The maximum absolute atomic E-state index is 11.8. The van der Waals surface area contributed by atoms with Crippen LogP contribution in [0.3, 0.4) is 0 Å². The zero-order chi connectivity index (χ0) is 19.8. The Morgan fingerprint density at radius 1 is 1.29 bits per heavy atom. The number of hydroxylamine groups is 2. The van der Waals surface area contributed by atoms with Gasteiger partial charge in [-0.15, -0.1) is 5.06 Å². The largest absolute Gasteiger partial charge is 1.00 e. The van der Waals surface area contributed by atoms with Gasteiger partial charge in [0.1, 0.15) is 0 Å². The third-order valence-corrected chi connectivity index (χ3v) is 7.27. The molecule has 3 fully saturated rings. The Bertz CT molecular complexity index is 783. The number of hydrogen-bond acceptors (Lipinski definition) is 8.